The van der Waals surface area contributed by atoms with Crippen LogP contribution in [0.1, 0.15) is 42.4 Å². The van der Waals surface area contributed by atoms with Gasteiger partial charge in [0.05, 0.1) is 13.3 Å². The molecule has 0 bridgehead atoms. The summed E-state index contributed by atoms with van der Waals surface area (Å²) in [5.41, 5.74) is 5.26. The third-order valence-electron chi connectivity index (χ3n) is 3.46. The van der Waals surface area contributed by atoms with Gasteiger partial charge in [-0.05, 0) is 67.7 Å². The number of hydrogen-bond donors (Lipinski definition) is 3. The Bertz CT molecular complexity index is 580. The first-order valence-corrected chi connectivity index (χ1v) is 8.28. The molecule has 0 spiro atoms. The number of thiocarbonyl (C=S) groups is 1. The summed E-state index contributed by atoms with van der Waals surface area (Å²) >= 11 is 5.13. The second-order valence-corrected chi connectivity index (χ2v) is 5.92. The maximum Gasteiger partial charge on any atom is 0.305 e. The molecule has 1 rings (SSSR count). The first-order valence-electron chi connectivity index (χ1n) is 7.88. The van der Waals surface area contributed by atoms with Crippen LogP contribution in [0.15, 0.2) is 17.2 Å². The Morgan fingerprint density at radius 3 is 2.58 bits per heavy atom. The summed E-state index contributed by atoms with van der Waals surface area (Å²) in [5, 5.41) is 17.3. The normalized spacial score (nSPS) is 10.6. The first kappa shape index (κ1) is 19.9. The molecular weight excluding hydrogens is 326 g/mol. The van der Waals surface area contributed by atoms with Crippen LogP contribution >= 0.6 is 12.2 Å². The molecule has 0 atom stereocenters. The predicted molar refractivity (Wildman–Crippen MR) is 99.4 cm³/mol. The van der Waals surface area contributed by atoms with Crippen molar-refractivity contribution >= 4 is 29.5 Å². The van der Waals surface area contributed by atoms with Crippen LogP contribution in [0.3, 0.4) is 0 Å². The van der Waals surface area contributed by atoms with Gasteiger partial charge in [0.1, 0.15) is 5.75 Å². The fourth-order valence-corrected chi connectivity index (χ4v) is 2.30. The third kappa shape index (κ3) is 7.41. The molecule has 6 nitrogen and oxygen atoms in total. The zero-order chi connectivity index (χ0) is 17.9. The van der Waals surface area contributed by atoms with Crippen molar-refractivity contribution in [2.75, 3.05) is 13.7 Å². The molecule has 0 radical (unpaired) electrons. The van der Waals surface area contributed by atoms with E-state index in [0.29, 0.717) is 17.3 Å². The highest BCUT2D eigenvalue weighted by Crippen LogP contribution is 2.21. The van der Waals surface area contributed by atoms with Crippen molar-refractivity contribution in [3.05, 3.63) is 28.8 Å². The van der Waals surface area contributed by atoms with E-state index in [-0.39, 0.29) is 5.97 Å². The molecule has 0 aliphatic heterocycles. The van der Waals surface area contributed by atoms with Crippen molar-refractivity contribution in [2.24, 2.45) is 5.10 Å². The minimum Gasteiger partial charge on any atom is -0.507 e. The summed E-state index contributed by atoms with van der Waals surface area (Å²) in [4.78, 5) is 11.0. The number of phenolic OH excluding ortho intramolecular Hbond substituents is 1. The molecular formula is C17H25N3O3S. The minimum atomic E-state index is -0.172. The maximum absolute atomic E-state index is 11.0. The lowest BCUT2D eigenvalue weighted by atomic mass is 10.1. The Kier molecular flexibility index (Phi) is 8.78. The quantitative estimate of drug-likeness (QED) is 0.219. The molecule has 3 N–H and O–H groups in total. The van der Waals surface area contributed by atoms with E-state index < -0.39 is 0 Å². The van der Waals surface area contributed by atoms with E-state index in [9.17, 15) is 9.90 Å². The second-order valence-electron chi connectivity index (χ2n) is 5.52. The molecule has 1 aromatic carbocycles. The molecule has 1 aromatic rings. The van der Waals surface area contributed by atoms with Gasteiger partial charge < -0.3 is 15.2 Å². The summed E-state index contributed by atoms with van der Waals surface area (Å²) in [6, 6.07) is 3.70. The number of hydrazone groups is 1. The van der Waals surface area contributed by atoms with E-state index in [1.165, 1.54) is 7.11 Å². The van der Waals surface area contributed by atoms with Gasteiger partial charge in [0, 0.05) is 13.0 Å². The van der Waals surface area contributed by atoms with Crippen molar-refractivity contribution in [1.82, 2.24) is 10.7 Å². The van der Waals surface area contributed by atoms with Crippen molar-refractivity contribution in [2.45, 2.75) is 39.5 Å². The molecule has 0 heterocycles. The summed E-state index contributed by atoms with van der Waals surface area (Å²) in [6.45, 7) is 4.42. The number of methoxy groups -OCH3 is 1. The molecule has 0 aromatic heterocycles. The monoisotopic (exact) mass is 351 g/mol. The van der Waals surface area contributed by atoms with Gasteiger partial charge in [-0.3, -0.25) is 10.2 Å². The highest BCUT2D eigenvalue weighted by molar-refractivity contribution is 7.80. The van der Waals surface area contributed by atoms with E-state index in [0.717, 1.165) is 42.5 Å². The molecule has 0 saturated heterocycles. The van der Waals surface area contributed by atoms with E-state index >= 15 is 0 Å². The van der Waals surface area contributed by atoms with Crippen LogP contribution in [0.5, 0.6) is 5.75 Å². The van der Waals surface area contributed by atoms with Gasteiger partial charge in [-0.1, -0.05) is 6.42 Å². The number of esters is 1. The van der Waals surface area contributed by atoms with Gasteiger partial charge in [-0.2, -0.15) is 5.10 Å². The van der Waals surface area contributed by atoms with Gasteiger partial charge in [0.25, 0.3) is 0 Å². The fraction of sp³-hybridized carbons (Fsp3) is 0.471. The number of nitrogens with zero attached hydrogens (tertiary/aromatic N) is 1. The minimum absolute atomic E-state index is 0.172. The maximum atomic E-state index is 11.0. The molecule has 7 heteroatoms. The van der Waals surface area contributed by atoms with Crippen LogP contribution in [-0.2, 0) is 9.53 Å². The molecule has 0 aliphatic carbocycles. The Morgan fingerprint density at radius 1 is 1.29 bits per heavy atom. The summed E-state index contributed by atoms with van der Waals surface area (Å²) in [5.74, 6) is 0.138. The zero-order valence-electron chi connectivity index (χ0n) is 14.4. The highest BCUT2D eigenvalue weighted by Gasteiger charge is 2.02. The molecule has 24 heavy (non-hydrogen) atoms. The number of benzene rings is 1. The molecule has 0 amide bonds. The number of rotatable bonds is 8. The van der Waals surface area contributed by atoms with E-state index in [1.54, 1.807) is 6.21 Å². The molecule has 0 saturated carbocycles. The van der Waals surface area contributed by atoms with Crippen LogP contribution in [0.2, 0.25) is 0 Å². The van der Waals surface area contributed by atoms with Gasteiger partial charge in [-0.25, -0.2) is 0 Å². The average molecular weight is 351 g/mol. The first-order chi connectivity index (χ1) is 11.4. The largest absolute Gasteiger partial charge is 0.507 e. The third-order valence-corrected chi connectivity index (χ3v) is 3.70. The van der Waals surface area contributed by atoms with E-state index in [1.807, 2.05) is 26.0 Å². The highest BCUT2D eigenvalue weighted by atomic mass is 32.1. The second kappa shape index (κ2) is 10.6. The van der Waals surface area contributed by atoms with Gasteiger partial charge in [0.15, 0.2) is 5.11 Å². The number of hydrogen-bond acceptors (Lipinski definition) is 5. The number of unbranched alkanes of at least 4 members (excludes halogenated alkanes) is 2. The summed E-state index contributed by atoms with van der Waals surface area (Å²) in [6.07, 6.45) is 4.77. The number of carbonyl (C=O) groups excluding carboxylic acids is 1. The SMILES string of the molecule is COC(=O)CCCCCNC(=S)N/N=C/c1cc(C)c(O)c(C)c1. The standard InChI is InChI=1S/C17H25N3O3S/c1-12-9-14(10-13(2)16(12)22)11-19-20-17(24)18-8-6-4-5-7-15(21)23-3/h9-11,22H,4-8H2,1-3H3,(H2,18,20,24)/b19-11+. The summed E-state index contributed by atoms with van der Waals surface area (Å²) < 4.78 is 4.58. The van der Waals surface area contributed by atoms with Crippen LogP contribution in [0, 0.1) is 13.8 Å². The number of nitrogens with one attached hydrogen (secondary N) is 2. The van der Waals surface area contributed by atoms with E-state index in [4.69, 9.17) is 12.2 Å². The van der Waals surface area contributed by atoms with Crippen molar-refractivity contribution in [1.29, 1.82) is 0 Å². The van der Waals surface area contributed by atoms with Gasteiger partial charge in [-0.15, -0.1) is 0 Å². The van der Waals surface area contributed by atoms with Crippen LogP contribution in [-0.4, -0.2) is 36.1 Å². The molecule has 132 valence electrons. The van der Waals surface area contributed by atoms with Crippen molar-refractivity contribution in [3.63, 3.8) is 0 Å². The molecule has 0 unspecified atom stereocenters. The number of aromatic hydroxyl groups is 1. The number of phenols is 1. The summed E-state index contributed by atoms with van der Waals surface area (Å²) in [7, 11) is 1.40. The Morgan fingerprint density at radius 2 is 1.96 bits per heavy atom. The Labute approximate surface area is 148 Å². The lowest BCUT2D eigenvalue weighted by Gasteiger charge is -2.07. The average Bonchev–Trinajstić information content (AvgIpc) is 2.55. The molecule has 0 fully saturated rings. The number of aryl methyl sites for hydroxylation is 2. The number of ether oxygens (including phenoxy) is 1. The van der Waals surface area contributed by atoms with Crippen LogP contribution in [0.25, 0.3) is 0 Å². The van der Waals surface area contributed by atoms with Crippen LogP contribution in [0.4, 0.5) is 0 Å². The lowest BCUT2D eigenvalue weighted by Crippen LogP contribution is -2.32. The Hall–Kier alpha value is -2.15. The fourth-order valence-electron chi connectivity index (χ4n) is 2.14. The van der Waals surface area contributed by atoms with Crippen molar-refractivity contribution in [3.8, 4) is 5.75 Å². The predicted octanol–water partition coefficient (Wildman–Crippen LogP) is 2.54. The lowest BCUT2D eigenvalue weighted by molar-refractivity contribution is -0.140. The van der Waals surface area contributed by atoms with E-state index in [2.05, 4.69) is 20.6 Å². The van der Waals surface area contributed by atoms with Crippen molar-refractivity contribution < 1.29 is 14.6 Å². The number of carbonyl (C=O) groups is 1. The van der Waals surface area contributed by atoms with Gasteiger partial charge in [0.2, 0.25) is 0 Å². The molecule has 0 aliphatic rings. The van der Waals surface area contributed by atoms with Gasteiger partial charge >= 0.3 is 5.97 Å². The zero-order valence-corrected chi connectivity index (χ0v) is 15.2. The van der Waals surface area contributed by atoms with Crippen LogP contribution < -0.4 is 10.7 Å². The smallest absolute Gasteiger partial charge is 0.305 e. The Balaban J connectivity index is 2.23. The topological polar surface area (TPSA) is 83.0 Å².